The van der Waals surface area contributed by atoms with E-state index in [1.165, 1.54) is 4.68 Å². The first-order chi connectivity index (χ1) is 12.9. The molecular formula is C17H14F3N5OS. The van der Waals surface area contributed by atoms with Crippen molar-refractivity contribution in [2.45, 2.75) is 19.0 Å². The molecule has 0 aliphatic rings. The number of anilines is 1. The number of tetrazole rings is 1. The van der Waals surface area contributed by atoms with Gasteiger partial charge in [0.1, 0.15) is 0 Å². The topological polar surface area (TPSA) is 72.7 Å². The van der Waals surface area contributed by atoms with Crippen molar-refractivity contribution in [3.8, 4) is 5.69 Å². The molecule has 2 aromatic carbocycles. The first-order valence-electron chi connectivity index (χ1n) is 7.79. The van der Waals surface area contributed by atoms with Crippen molar-refractivity contribution in [3.63, 3.8) is 0 Å². The van der Waals surface area contributed by atoms with Crippen molar-refractivity contribution in [2.75, 3.05) is 11.1 Å². The number of para-hydroxylation sites is 1. The molecule has 0 radical (unpaired) electrons. The molecular weight excluding hydrogens is 379 g/mol. The number of nitrogens with one attached hydrogen (secondary N) is 1. The maximum absolute atomic E-state index is 13.6. The zero-order valence-corrected chi connectivity index (χ0v) is 15.1. The van der Waals surface area contributed by atoms with E-state index in [4.69, 9.17) is 0 Å². The Morgan fingerprint density at radius 3 is 2.52 bits per heavy atom. The van der Waals surface area contributed by atoms with Crippen molar-refractivity contribution < 1.29 is 18.0 Å². The quantitative estimate of drug-likeness (QED) is 0.531. The molecule has 3 aromatic rings. The van der Waals surface area contributed by atoms with Crippen LogP contribution in [0.25, 0.3) is 5.69 Å². The molecule has 6 nitrogen and oxygen atoms in total. The first kappa shape index (κ1) is 18.9. The van der Waals surface area contributed by atoms with E-state index in [-0.39, 0.29) is 5.75 Å². The minimum Gasteiger partial charge on any atom is -0.323 e. The lowest BCUT2D eigenvalue weighted by Crippen LogP contribution is -2.16. The molecule has 1 N–H and O–H groups in total. The Kier molecular flexibility index (Phi) is 5.45. The molecule has 0 bridgehead atoms. The summed E-state index contributed by atoms with van der Waals surface area (Å²) in [5, 5.41) is 14.1. The minimum absolute atomic E-state index is 0.149. The highest BCUT2D eigenvalue weighted by molar-refractivity contribution is 7.99. The molecule has 0 unspecified atom stereocenters. The van der Waals surface area contributed by atoms with Gasteiger partial charge in [-0.05, 0) is 47.5 Å². The van der Waals surface area contributed by atoms with Crippen molar-refractivity contribution in [2.24, 2.45) is 0 Å². The van der Waals surface area contributed by atoms with E-state index in [9.17, 15) is 18.0 Å². The third kappa shape index (κ3) is 3.95. The number of hydrogen-bond donors (Lipinski definition) is 1. The number of rotatable bonds is 5. The van der Waals surface area contributed by atoms with Gasteiger partial charge in [-0.25, -0.2) is 13.2 Å². The maximum atomic E-state index is 13.6. The van der Waals surface area contributed by atoms with Crippen LogP contribution in [0, 0.1) is 31.3 Å². The minimum atomic E-state index is -1.64. The summed E-state index contributed by atoms with van der Waals surface area (Å²) in [6.07, 6.45) is 0. The number of hydrogen-bond acceptors (Lipinski definition) is 5. The molecule has 0 saturated carbocycles. The van der Waals surface area contributed by atoms with Gasteiger partial charge in [0, 0.05) is 0 Å². The van der Waals surface area contributed by atoms with Gasteiger partial charge in [-0.15, -0.1) is 5.10 Å². The van der Waals surface area contributed by atoms with Crippen LogP contribution in [0.2, 0.25) is 0 Å². The highest BCUT2D eigenvalue weighted by atomic mass is 32.2. The Balaban J connectivity index is 1.73. The monoisotopic (exact) mass is 393 g/mol. The number of thioether (sulfide) groups is 1. The highest BCUT2D eigenvalue weighted by Crippen LogP contribution is 2.24. The van der Waals surface area contributed by atoms with Crippen LogP contribution < -0.4 is 5.32 Å². The van der Waals surface area contributed by atoms with Crippen molar-refractivity contribution >= 4 is 23.4 Å². The van der Waals surface area contributed by atoms with Crippen LogP contribution >= 0.6 is 11.8 Å². The predicted octanol–water partition coefficient (Wildman–Crippen LogP) is 3.43. The fourth-order valence-corrected chi connectivity index (χ4v) is 3.16. The van der Waals surface area contributed by atoms with E-state index in [1.807, 2.05) is 32.0 Å². The molecule has 3 rings (SSSR count). The van der Waals surface area contributed by atoms with E-state index in [2.05, 4.69) is 20.8 Å². The summed E-state index contributed by atoms with van der Waals surface area (Å²) < 4.78 is 41.3. The zero-order chi connectivity index (χ0) is 19.6. The Bertz CT molecular complexity index is 988. The predicted molar refractivity (Wildman–Crippen MR) is 94.3 cm³/mol. The second-order valence-electron chi connectivity index (χ2n) is 5.67. The number of aromatic nitrogens is 4. The van der Waals surface area contributed by atoms with Crippen molar-refractivity contribution in [1.29, 1.82) is 0 Å². The van der Waals surface area contributed by atoms with Gasteiger partial charge in [-0.1, -0.05) is 30.0 Å². The summed E-state index contributed by atoms with van der Waals surface area (Å²) in [4.78, 5) is 12.0. The van der Waals surface area contributed by atoms with Crippen LogP contribution in [0.4, 0.5) is 18.9 Å². The Morgan fingerprint density at radius 1 is 1.11 bits per heavy atom. The second kappa shape index (κ2) is 7.78. The first-order valence-corrected chi connectivity index (χ1v) is 8.78. The summed E-state index contributed by atoms with van der Waals surface area (Å²) in [6, 6.07) is 7.43. The average Bonchev–Trinajstić information content (AvgIpc) is 3.08. The van der Waals surface area contributed by atoms with Gasteiger partial charge in [0.15, 0.2) is 17.5 Å². The van der Waals surface area contributed by atoms with Gasteiger partial charge in [0.25, 0.3) is 0 Å². The molecule has 0 aliphatic carbocycles. The van der Waals surface area contributed by atoms with E-state index < -0.39 is 29.0 Å². The highest BCUT2D eigenvalue weighted by Gasteiger charge is 2.17. The lowest BCUT2D eigenvalue weighted by atomic mass is 10.1. The molecule has 0 saturated heterocycles. The normalized spacial score (nSPS) is 10.9. The maximum Gasteiger partial charge on any atom is 0.234 e. The van der Waals surface area contributed by atoms with Crippen molar-refractivity contribution in [1.82, 2.24) is 20.2 Å². The molecule has 10 heteroatoms. The van der Waals surface area contributed by atoms with E-state index in [1.54, 1.807) is 0 Å². The lowest BCUT2D eigenvalue weighted by molar-refractivity contribution is -0.113. The Morgan fingerprint density at radius 2 is 1.81 bits per heavy atom. The molecule has 27 heavy (non-hydrogen) atoms. The number of amides is 1. The van der Waals surface area contributed by atoms with Crippen LogP contribution in [0.1, 0.15) is 11.1 Å². The SMILES string of the molecule is Cc1cccc(C)c1-n1nnnc1SCC(=O)Nc1ccc(F)c(F)c1F. The lowest BCUT2D eigenvalue weighted by Gasteiger charge is -2.10. The van der Waals surface area contributed by atoms with Crippen molar-refractivity contribution in [3.05, 3.63) is 58.9 Å². The van der Waals surface area contributed by atoms with Gasteiger partial charge in [0.05, 0.1) is 17.1 Å². The smallest absolute Gasteiger partial charge is 0.234 e. The summed E-state index contributed by atoms with van der Waals surface area (Å²) >= 11 is 1.03. The standard InChI is InChI=1S/C17H14F3N5OS/c1-9-4-3-5-10(2)16(9)25-17(22-23-24-25)27-8-13(26)21-12-7-6-11(18)14(19)15(12)20/h3-7H,8H2,1-2H3,(H,21,26). The van der Waals surface area contributed by atoms with Crippen LogP contribution in [0.5, 0.6) is 0 Å². The Hall–Kier alpha value is -2.88. The van der Waals surface area contributed by atoms with E-state index in [0.29, 0.717) is 5.16 Å². The molecule has 1 aromatic heterocycles. The fourth-order valence-electron chi connectivity index (χ4n) is 2.49. The number of benzene rings is 2. The average molecular weight is 393 g/mol. The number of aryl methyl sites for hydroxylation is 2. The van der Waals surface area contributed by atoms with E-state index >= 15 is 0 Å². The van der Waals surface area contributed by atoms with Crippen LogP contribution in [-0.4, -0.2) is 31.9 Å². The van der Waals surface area contributed by atoms with E-state index in [0.717, 1.165) is 40.7 Å². The zero-order valence-electron chi connectivity index (χ0n) is 14.3. The summed E-state index contributed by atoms with van der Waals surface area (Å²) in [5.74, 6) is -5.18. The molecule has 0 atom stereocenters. The Labute approximate surface area is 156 Å². The summed E-state index contributed by atoms with van der Waals surface area (Å²) in [7, 11) is 0. The number of carbonyl (C=O) groups excluding carboxylic acids is 1. The van der Waals surface area contributed by atoms with Crippen LogP contribution in [-0.2, 0) is 4.79 Å². The molecule has 1 amide bonds. The van der Waals surface area contributed by atoms with Gasteiger partial charge in [-0.3, -0.25) is 4.79 Å². The van der Waals surface area contributed by atoms with Gasteiger partial charge in [-0.2, -0.15) is 4.68 Å². The number of carbonyl (C=O) groups is 1. The van der Waals surface area contributed by atoms with Crippen LogP contribution in [0.15, 0.2) is 35.5 Å². The molecule has 0 fully saturated rings. The second-order valence-corrected chi connectivity index (χ2v) is 6.62. The van der Waals surface area contributed by atoms with Gasteiger partial charge in [0.2, 0.25) is 11.1 Å². The van der Waals surface area contributed by atoms with Gasteiger partial charge < -0.3 is 5.32 Å². The number of halogens is 3. The summed E-state index contributed by atoms with van der Waals surface area (Å²) in [5.41, 5.74) is 2.28. The molecule has 140 valence electrons. The third-order valence-electron chi connectivity index (χ3n) is 3.73. The summed E-state index contributed by atoms with van der Waals surface area (Å²) in [6.45, 7) is 3.83. The molecule has 0 spiro atoms. The molecule has 1 heterocycles. The van der Waals surface area contributed by atoms with Crippen LogP contribution in [0.3, 0.4) is 0 Å². The third-order valence-corrected chi connectivity index (χ3v) is 4.65. The van der Waals surface area contributed by atoms with Gasteiger partial charge >= 0.3 is 0 Å². The fraction of sp³-hybridized carbons (Fsp3) is 0.176. The number of nitrogens with zero attached hydrogens (tertiary/aromatic N) is 4. The largest absolute Gasteiger partial charge is 0.323 e. The molecule has 0 aliphatic heterocycles.